The van der Waals surface area contributed by atoms with Gasteiger partial charge < -0.3 is 10.1 Å². The Morgan fingerprint density at radius 2 is 1.82 bits per heavy atom. The van der Waals surface area contributed by atoms with Crippen molar-refractivity contribution in [3.05, 3.63) is 81.8 Å². The lowest BCUT2D eigenvalue weighted by atomic mass is 10.0. The lowest BCUT2D eigenvalue weighted by molar-refractivity contribution is 0.0950. The van der Waals surface area contributed by atoms with Gasteiger partial charge in [-0.3, -0.25) is 19.9 Å². The molecule has 0 aliphatic rings. The van der Waals surface area contributed by atoms with Crippen molar-refractivity contribution in [2.75, 3.05) is 12.4 Å². The van der Waals surface area contributed by atoms with E-state index in [1.54, 1.807) is 36.4 Å². The van der Waals surface area contributed by atoms with Crippen LogP contribution in [0.3, 0.4) is 0 Å². The molecular weight excluding hydrogens is 476 g/mol. The topological polar surface area (TPSA) is 119 Å². The van der Waals surface area contributed by atoms with Gasteiger partial charge in [0, 0.05) is 28.6 Å². The predicted octanol–water partition coefficient (Wildman–Crippen LogP) is 4.15. The average Bonchev–Trinajstić information content (AvgIpc) is 3.30. The zero-order valence-electron chi connectivity index (χ0n) is 18.2. The van der Waals surface area contributed by atoms with Crippen LogP contribution in [0.2, 0.25) is 5.15 Å². The maximum absolute atomic E-state index is 13.1. The number of nitrogens with one attached hydrogen (secondary N) is 2. The molecular formula is C23H19ClN6O3S. The highest BCUT2D eigenvalue weighted by molar-refractivity contribution is 7.15. The van der Waals surface area contributed by atoms with Crippen molar-refractivity contribution in [2.24, 2.45) is 0 Å². The van der Waals surface area contributed by atoms with Crippen molar-refractivity contribution in [3.8, 4) is 16.9 Å². The number of anilines is 1. The van der Waals surface area contributed by atoms with Gasteiger partial charge in [0.25, 0.3) is 11.8 Å². The third-order valence-corrected chi connectivity index (χ3v) is 5.80. The predicted molar refractivity (Wildman–Crippen MR) is 129 cm³/mol. The molecule has 0 spiro atoms. The molecule has 0 bridgehead atoms. The van der Waals surface area contributed by atoms with Crippen molar-refractivity contribution >= 4 is 39.9 Å². The maximum Gasteiger partial charge on any atom is 0.259 e. The number of carbonyl (C=O) groups excluding carboxylic acids is 2. The number of pyridine rings is 2. The molecule has 0 saturated heterocycles. The van der Waals surface area contributed by atoms with Crippen LogP contribution in [0.15, 0.2) is 54.9 Å². The highest BCUT2D eigenvalue weighted by atomic mass is 35.5. The molecule has 3 aromatic heterocycles. The highest BCUT2D eigenvalue weighted by Crippen LogP contribution is 2.34. The fraction of sp³-hybridized carbons (Fsp3) is 0.130. The Morgan fingerprint density at radius 1 is 1.03 bits per heavy atom. The van der Waals surface area contributed by atoms with Gasteiger partial charge in [-0.05, 0) is 31.2 Å². The summed E-state index contributed by atoms with van der Waals surface area (Å²) in [6.45, 7) is 2.01. The summed E-state index contributed by atoms with van der Waals surface area (Å²) in [5, 5.41) is 14.7. The van der Waals surface area contributed by atoms with Crippen LogP contribution in [-0.4, -0.2) is 39.1 Å². The number of rotatable bonds is 7. The van der Waals surface area contributed by atoms with Crippen molar-refractivity contribution in [3.63, 3.8) is 0 Å². The van der Waals surface area contributed by atoms with Crippen molar-refractivity contribution in [1.29, 1.82) is 0 Å². The smallest absolute Gasteiger partial charge is 0.259 e. The maximum atomic E-state index is 13.1. The van der Waals surface area contributed by atoms with Gasteiger partial charge in [-0.15, -0.1) is 10.2 Å². The number of halogens is 1. The van der Waals surface area contributed by atoms with Gasteiger partial charge in [0.05, 0.1) is 25.4 Å². The second-order valence-corrected chi connectivity index (χ2v) is 8.53. The minimum atomic E-state index is -0.423. The van der Waals surface area contributed by atoms with Crippen LogP contribution < -0.4 is 15.4 Å². The third kappa shape index (κ3) is 5.36. The van der Waals surface area contributed by atoms with E-state index in [4.69, 9.17) is 16.3 Å². The summed E-state index contributed by atoms with van der Waals surface area (Å²) in [4.78, 5) is 33.6. The molecule has 172 valence electrons. The molecule has 11 heteroatoms. The first-order valence-electron chi connectivity index (χ1n) is 10.1. The molecule has 34 heavy (non-hydrogen) atoms. The summed E-state index contributed by atoms with van der Waals surface area (Å²) in [6.07, 6.45) is 2.98. The van der Waals surface area contributed by atoms with E-state index in [1.807, 2.05) is 13.0 Å². The summed E-state index contributed by atoms with van der Waals surface area (Å²) in [5.41, 5.74) is 2.77. The fourth-order valence-electron chi connectivity index (χ4n) is 3.14. The van der Waals surface area contributed by atoms with E-state index in [0.717, 1.165) is 11.3 Å². The number of nitrogens with zero attached hydrogens (tertiary/aromatic N) is 4. The van der Waals surface area contributed by atoms with E-state index in [9.17, 15) is 9.59 Å². The van der Waals surface area contributed by atoms with Crippen LogP contribution in [0.1, 0.15) is 31.4 Å². The first kappa shape index (κ1) is 23.3. The molecule has 0 aliphatic carbocycles. The first-order valence-corrected chi connectivity index (χ1v) is 11.3. The van der Waals surface area contributed by atoms with Gasteiger partial charge in [-0.1, -0.05) is 41.1 Å². The van der Waals surface area contributed by atoms with E-state index < -0.39 is 5.91 Å². The van der Waals surface area contributed by atoms with Crippen LogP contribution in [0.4, 0.5) is 5.13 Å². The number of carbonyl (C=O) groups is 2. The Bertz CT molecular complexity index is 1350. The molecule has 4 rings (SSSR count). The molecule has 0 unspecified atom stereocenters. The van der Waals surface area contributed by atoms with E-state index in [1.165, 1.54) is 19.5 Å². The van der Waals surface area contributed by atoms with E-state index in [2.05, 4.69) is 30.8 Å². The molecule has 0 aliphatic heterocycles. The SMILES string of the molecule is COc1cnc(Cl)cc1-c1cc(C)ncc1C(=O)Nc1nnc(CNC(=O)c2ccccc2)s1. The summed E-state index contributed by atoms with van der Waals surface area (Å²) in [6, 6.07) is 12.3. The van der Waals surface area contributed by atoms with Crippen molar-refractivity contribution in [2.45, 2.75) is 13.5 Å². The van der Waals surface area contributed by atoms with Crippen LogP contribution >= 0.6 is 22.9 Å². The molecule has 1 aromatic carbocycles. The average molecular weight is 495 g/mol. The molecule has 9 nitrogen and oxygen atoms in total. The Kier molecular flexibility index (Phi) is 7.09. The summed E-state index contributed by atoms with van der Waals surface area (Å²) in [5.74, 6) is -0.174. The molecule has 4 aromatic rings. The Balaban J connectivity index is 1.51. The molecule has 2 N–H and O–H groups in total. The number of aromatic nitrogens is 4. The molecule has 3 heterocycles. The minimum Gasteiger partial charge on any atom is -0.494 e. The number of methoxy groups -OCH3 is 1. The van der Waals surface area contributed by atoms with E-state index >= 15 is 0 Å². The van der Waals surface area contributed by atoms with Crippen LogP contribution in [-0.2, 0) is 6.54 Å². The molecule has 0 radical (unpaired) electrons. The molecule has 2 amide bonds. The number of hydrogen-bond acceptors (Lipinski definition) is 8. The summed E-state index contributed by atoms with van der Waals surface area (Å²) >= 11 is 7.25. The summed E-state index contributed by atoms with van der Waals surface area (Å²) in [7, 11) is 1.52. The van der Waals surface area contributed by atoms with Gasteiger partial charge in [0.2, 0.25) is 5.13 Å². The van der Waals surface area contributed by atoms with Crippen molar-refractivity contribution in [1.82, 2.24) is 25.5 Å². The quantitative estimate of drug-likeness (QED) is 0.370. The van der Waals surface area contributed by atoms with Gasteiger partial charge in [0.1, 0.15) is 15.9 Å². The number of amides is 2. The largest absolute Gasteiger partial charge is 0.494 e. The minimum absolute atomic E-state index is 0.186. The zero-order valence-corrected chi connectivity index (χ0v) is 19.8. The Hall–Kier alpha value is -3.89. The fourth-order valence-corrected chi connectivity index (χ4v) is 3.97. The monoisotopic (exact) mass is 494 g/mol. The van der Waals surface area contributed by atoms with E-state index in [-0.39, 0.29) is 17.6 Å². The second kappa shape index (κ2) is 10.4. The van der Waals surface area contributed by atoms with Crippen LogP contribution in [0.5, 0.6) is 5.75 Å². The number of hydrogen-bond donors (Lipinski definition) is 2. The Labute approximate surface area is 204 Å². The van der Waals surface area contributed by atoms with Gasteiger partial charge in [-0.2, -0.15) is 0 Å². The van der Waals surface area contributed by atoms with Gasteiger partial charge in [-0.25, -0.2) is 4.98 Å². The highest BCUT2D eigenvalue weighted by Gasteiger charge is 2.19. The molecule has 0 atom stereocenters. The van der Waals surface area contributed by atoms with Crippen LogP contribution in [0.25, 0.3) is 11.1 Å². The van der Waals surface area contributed by atoms with Gasteiger partial charge in [0.15, 0.2) is 0 Å². The van der Waals surface area contributed by atoms with Crippen molar-refractivity contribution < 1.29 is 14.3 Å². The second-order valence-electron chi connectivity index (χ2n) is 7.08. The Morgan fingerprint density at radius 3 is 2.59 bits per heavy atom. The normalized spacial score (nSPS) is 10.6. The molecule has 0 fully saturated rings. The number of aryl methyl sites for hydroxylation is 1. The zero-order chi connectivity index (χ0) is 24.1. The van der Waals surface area contributed by atoms with Gasteiger partial charge >= 0.3 is 0 Å². The number of benzene rings is 1. The number of ether oxygens (including phenoxy) is 1. The summed E-state index contributed by atoms with van der Waals surface area (Å²) < 4.78 is 5.40. The molecule has 0 saturated carbocycles. The first-order chi connectivity index (χ1) is 16.4. The lowest BCUT2D eigenvalue weighted by Gasteiger charge is -2.13. The van der Waals surface area contributed by atoms with E-state index in [0.29, 0.717) is 43.8 Å². The lowest BCUT2D eigenvalue weighted by Crippen LogP contribution is -2.22. The third-order valence-electron chi connectivity index (χ3n) is 4.75. The standard InChI is InChI=1S/C23H19ClN6O3S/c1-13-8-15(16-9-19(24)26-11-18(16)33-2)17(10-25-13)22(32)28-23-30-29-20(34-23)12-27-21(31)14-6-4-3-5-7-14/h3-11H,12H2,1-2H3,(H,27,31)(H,28,30,32). The van der Waals surface area contributed by atoms with Crippen LogP contribution in [0, 0.1) is 6.92 Å².